The van der Waals surface area contributed by atoms with E-state index >= 15 is 0 Å². The number of ether oxygens (including phenoxy) is 1. The number of nitrogens with zero attached hydrogens (tertiary/aromatic N) is 1. The van der Waals surface area contributed by atoms with E-state index in [-0.39, 0.29) is 5.60 Å². The van der Waals surface area contributed by atoms with Crippen molar-refractivity contribution in [3.63, 3.8) is 0 Å². The smallest absolute Gasteiger partial charge is 0.129 e. The zero-order valence-corrected chi connectivity index (χ0v) is 19.1. The first-order valence-electron chi connectivity index (χ1n) is 11.1. The van der Waals surface area contributed by atoms with Crippen LogP contribution in [-0.2, 0) is 9.57 Å². The molecule has 160 valence electrons. The molecule has 1 aliphatic rings. The molecule has 30 heavy (non-hydrogen) atoms. The molecule has 0 atom stereocenters. The van der Waals surface area contributed by atoms with E-state index in [1.54, 1.807) is 0 Å². The standard InChI is InChI=1S/C27H35NO2/c1-20(2)29-18-12-8-6-7-9-13-21-16-17-23-22-14-10-11-15-24(22)26(25(23)19-21)28-30-27(3,4)5/h9-11,13-17,19-20H,6-8,12,18H2,1-5H3. The highest BCUT2D eigenvalue weighted by atomic mass is 16.6. The molecule has 0 amide bonds. The molecule has 0 fully saturated rings. The molecule has 2 aromatic rings. The van der Waals surface area contributed by atoms with Gasteiger partial charge >= 0.3 is 0 Å². The van der Waals surface area contributed by atoms with Crippen LogP contribution in [0.25, 0.3) is 17.2 Å². The van der Waals surface area contributed by atoms with Crippen LogP contribution in [0.15, 0.2) is 53.7 Å². The lowest BCUT2D eigenvalue weighted by Crippen LogP contribution is -2.17. The minimum absolute atomic E-state index is 0.317. The van der Waals surface area contributed by atoms with Crippen LogP contribution in [-0.4, -0.2) is 24.0 Å². The van der Waals surface area contributed by atoms with Gasteiger partial charge in [0.1, 0.15) is 11.3 Å². The van der Waals surface area contributed by atoms with Crippen molar-refractivity contribution in [2.45, 2.75) is 72.0 Å². The predicted octanol–water partition coefficient (Wildman–Crippen LogP) is 7.23. The fraction of sp³-hybridized carbons (Fsp3) is 0.444. The average Bonchev–Trinajstić information content (AvgIpc) is 3.00. The highest BCUT2D eigenvalue weighted by Crippen LogP contribution is 2.37. The van der Waals surface area contributed by atoms with Crippen molar-refractivity contribution in [2.24, 2.45) is 5.16 Å². The second kappa shape index (κ2) is 10.1. The van der Waals surface area contributed by atoms with Crippen molar-refractivity contribution < 1.29 is 9.57 Å². The topological polar surface area (TPSA) is 30.8 Å². The normalized spacial score (nSPS) is 14.5. The Balaban J connectivity index is 1.68. The van der Waals surface area contributed by atoms with E-state index in [4.69, 9.17) is 9.57 Å². The van der Waals surface area contributed by atoms with Gasteiger partial charge in [0.15, 0.2) is 0 Å². The lowest BCUT2D eigenvalue weighted by molar-refractivity contribution is 0.00121. The molecule has 3 heteroatoms. The summed E-state index contributed by atoms with van der Waals surface area (Å²) in [5.74, 6) is 0. The molecule has 1 aliphatic carbocycles. The minimum Gasteiger partial charge on any atom is -0.390 e. The third kappa shape index (κ3) is 6.06. The summed E-state index contributed by atoms with van der Waals surface area (Å²) in [5.41, 5.74) is 6.55. The molecular weight excluding hydrogens is 370 g/mol. The molecule has 0 bridgehead atoms. The van der Waals surface area contributed by atoms with Crippen LogP contribution in [0.3, 0.4) is 0 Å². The summed E-state index contributed by atoms with van der Waals surface area (Å²) >= 11 is 0. The third-order valence-electron chi connectivity index (χ3n) is 4.96. The van der Waals surface area contributed by atoms with Crippen LogP contribution in [0.5, 0.6) is 0 Å². The summed E-state index contributed by atoms with van der Waals surface area (Å²) in [6.45, 7) is 11.1. The summed E-state index contributed by atoms with van der Waals surface area (Å²) in [7, 11) is 0. The van der Waals surface area contributed by atoms with Crippen molar-refractivity contribution in [2.75, 3.05) is 6.61 Å². The van der Waals surface area contributed by atoms with Gasteiger partial charge in [-0.2, -0.15) is 0 Å². The molecule has 0 radical (unpaired) electrons. The second-order valence-electron chi connectivity index (χ2n) is 9.17. The van der Waals surface area contributed by atoms with Crippen molar-refractivity contribution in [3.05, 3.63) is 65.2 Å². The predicted molar refractivity (Wildman–Crippen MR) is 127 cm³/mol. The summed E-state index contributed by atoms with van der Waals surface area (Å²) in [4.78, 5) is 5.79. The van der Waals surface area contributed by atoms with E-state index in [9.17, 15) is 0 Å². The molecule has 3 rings (SSSR count). The number of benzene rings is 2. The fourth-order valence-electron chi connectivity index (χ4n) is 3.53. The first-order valence-corrected chi connectivity index (χ1v) is 11.1. The summed E-state index contributed by atoms with van der Waals surface area (Å²) in [6, 6.07) is 15.0. The molecule has 0 aromatic heterocycles. The molecule has 0 saturated carbocycles. The molecule has 2 aromatic carbocycles. The van der Waals surface area contributed by atoms with Crippen molar-refractivity contribution in [1.29, 1.82) is 0 Å². The Morgan fingerprint density at radius 2 is 1.63 bits per heavy atom. The van der Waals surface area contributed by atoms with Gasteiger partial charge < -0.3 is 9.57 Å². The number of allylic oxidation sites excluding steroid dienone is 1. The van der Waals surface area contributed by atoms with E-state index in [1.165, 1.54) is 29.5 Å². The molecule has 0 aliphatic heterocycles. The maximum absolute atomic E-state index is 5.79. The van der Waals surface area contributed by atoms with Gasteiger partial charge in [0.2, 0.25) is 0 Å². The Kier molecular flexibility index (Phi) is 7.49. The zero-order valence-electron chi connectivity index (χ0n) is 19.1. The van der Waals surface area contributed by atoms with E-state index in [0.29, 0.717) is 6.10 Å². The molecule has 0 heterocycles. The van der Waals surface area contributed by atoms with E-state index in [2.05, 4.69) is 73.6 Å². The van der Waals surface area contributed by atoms with Crippen LogP contribution in [0.1, 0.15) is 77.0 Å². The van der Waals surface area contributed by atoms with Gasteiger partial charge in [-0.15, -0.1) is 0 Å². The number of rotatable bonds is 9. The van der Waals surface area contributed by atoms with Crippen LogP contribution in [0.4, 0.5) is 0 Å². The van der Waals surface area contributed by atoms with Crippen LogP contribution in [0.2, 0.25) is 0 Å². The highest BCUT2D eigenvalue weighted by Gasteiger charge is 2.26. The second-order valence-corrected chi connectivity index (χ2v) is 9.17. The van der Waals surface area contributed by atoms with Crippen LogP contribution < -0.4 is 0 Å². The highest BCUT2D eigenvalue weighted by molar-refractivity contribution is 6.24. The first-order chi connectivity index (χ1) is 14.3. The van der Waals surface area contributed by atoms with Gasteiger partial charge in [-0.05, 0) is 76.6 Å². The van der Waals surface area contributed by atoms with Gasteiger partial charge in [-0.3, -0.25) is 0 Å². The molecule has 0 N–H and O–H groups in total. The lowest BCUT2D eigenvalue weighted by Gasteiger charge is -2.16. The monoisotopic (exact) mass is 405 g/mol. The lowest BCUT2D eigenvalue weighted by atomic mass is 10.0. The van der Waals surface area contributed by atoms with E-state index in [1.807, 2.05) is 20.8 Å². The SMILES string of the molecule is CC(C)OCCCCCC=Cc1ccc2c(c1)C(=NOC(C)(C)C)c1ccccc1-2. The van der Waals surface area contributed by atoms with Gasteiger partial charge in [-0.1, -0.05) is 60.1 Å². The quantitative estimate of drug-likeness (QED) is 0.278. The number of oxime groups is 1. The summed E-state index contributed by atoms with van der Waals surface area (Å²) in [6.07, 6.45) is 9.45. The molecule has 0 spiro atoms. The number of hydrogen-bond donors (Lipinski definition) is 0. The number of fused-ring (bicyclic) bond motifs is 3. The van der Waals surface area contributed by atoms with Crippen molar-refractivity contribution >= 4 is 11.8 Å². The van der Waals surface area contributed by atoms with E-state index < -0.39 is 0 Å². The molecule has 0 saturated heterocycles. The molecular formula is C27H35NO2. The Bertz CT molecular complexity index is 903. The Labute approximate surface area is 181 Å². The molecule has 0 unspecified atom stereocenters. The Hall–Kier alpha value is -2.39. The number of hydrogen-bond acceptors (Lipinski definition) is 3. The fourth-order valence-corrected chi connectivity index (χ4v) is 3.53. The molecule has 3 nitrogen and oxygen atoms in total. The first kappa shape index (κ1) is 22.3. The Morgan fingerprint density at radius 1 is 0.900 bits per heavy atom. The van der Waals surface area contributed by atoms with E-state index in [0.717, 1.165) is 36.3 Å². The maximum Gasteiger partial charge on any atom is 0.129 e. The average molecular weight is 406 g/mol. The van der Waals surface area contributed by atoms with Gasteiger partial charge in [0.25, 0.3) is 0 Å². The number of unbranched alkanes of at least 4 members (excludes halogenated alkanes) is 3. The largest absolute Gasteiger partial charge is 0.390 e. The van der Waals surface area contributed by atoms with Crippen LogP contribution >= 0.6 is 0 Å². The maximum atomic E-state index is 5.79. The van der Waals surface area contributed by atoms with Gasteiger partial charge in [0.05, 0.1) is 6.10 Å². The minimum atomic E-state index is -0.317. The summed E-state index contributed by atoms with van der Waals surface area (Å²) < 4.78 is 5.60. The zero-order chi connectivity index (χ0) is 21.6. The van der Waals surface area contributed by atoms with Gasteiger partial charge in [0, 0.05) is 17.7 Å². The van der Waals surface area contributed by atoms with Crippen LogP contribution in [0, 0.1) is 0 Å². The van der Waals surface area contributed by atoms with Crippen molar-refractivity contribution in [1.82, 2.24) is 0 Å². The Morgan fingerprint density at radius 3 is 2.37 bits per heavy atom. The van der Waals surface area contributed by atoms with Gasteiger partial charge in [-0.25, -0.2) is 0 Å². The third-order valence-corrected chi connectivity index (χ3v) is 4.96. The summed E-state index contributed by atoms with van der Waals surface area (Å²) in [5, 5.41) is 4.55. The van der Waals surface area contributed by atoms with Crippen molar-refractivity contribution in [3.8, 4) is 11.1 Å².